The number of hydrogen-bond acceptors (Lipinski definition) is 5. The van der Waals surface area contributed by atoms with Crippen molar-refractivity contribution in [3.63, 3.8) is 0 Å². The SMILES string of the molecule is Cc1ncc(C(=O)Nc2ccc(N)cc2C(=O)O)s1. The highest BCUT2D eigenvalue weighted by Crippen LogP contribution is 2.21. The van der Waals surface area contributed by atoms with Crippen molar-refractivity contribution in [2.45, 2.75) is 6.92 Å². The average Bonchev–Trinajstić information content (AvgIpc) is 2.78. The number of carboxylic acid groups (broad SMARTS) is 1. The molecule has 1 aromatic carbocycles. The fraction of sp³-hybridized carbons (Fsp3) is 0.0833. The summed E-state index contributed by atoms with van der Waals surface area (Å²) in [5.74, 6) is -1.54. The second-order valence-corrected chi connectivity index (χ2v) is 5.04. The molecule has 6 nitrogen and oxygen atoms in total. The number of aromatic carboxylic acids is 1. The smallest absolute Gasteiger partial charge is 0.337 e. The molecule has 0 radical (unpaired) electrons. The normalized spacial score (nSPS) is 10.2. The zero-order chi connectivity index (χ0) is 14.0. The fourth-order valence-corrected chi connectivity index (χ4v) is 2.17. The molecule has 98 valence electrons. The van der Waals surface area contributed by atoms with Gasteiger partial charge in [-0.3, -0.25) is 4.79 Å². The van der Waals surface area contributed by atoms with Crippen molar-refractivity contribution in [2.75, 3.05) is 11.1 Å². The third-order valence-corrected chi connectivity index (χ3v) is 3.28. The zero-order valence-corrected chi connectivity index (χ0v) is 10.8. The van der Waals surface area contributed by atoms with Crippen molar-refractivity contribution >= 4 is 34.6 Å². The molecular weight excluding hydrogens is 266 g/mol. The second kappa shape index (κ2) is 5.07. The summed E-state index contributed by atoms with van der Waals surface area (Å²) in [5, 5.41) is 12.4. The summed E-state index contributed by atoms with van der Waals surface area (Å²) in [5.41, 5.74) is 6.01. The Kier molecular flexibility index (Phi) is 3.48. The monoisotopic (exact) mass is 277 g/mol. The Bertz CT molecular complexity index is 651. The Morgan fingerprint density at radius 1 is 1.42 bits per heavy atom. The van der Waals surface area contributed by atoms with Crippen LogP contribution in [0.15, 0.2) is 24.4 Å². The molecule has 0 aliphatic heterocycles. The molecule has 1 amide bonds. The van der Waals surface area contributed by atoms with Crippen LogP contribution >= 0.6 is 11.3 Å². The molecule has 0 saturated carbocycles. The molecular formula is C12H11N3O3S. The number of benzene rings is 1. The zero-order valence-electron chi connectivity index (χ0n) is 10.0. The number of amides is 1. The summed E-state index contributed by atoms with van der Waals surface area (Å²) in [6.45, 7) is 1.79. The van der Waals surface area contributed by atoms with Crippen LogP contribution in [-0.4, -0.2) is 22.0 Å². The van der Waals surface area contributed by atoms with E-state index in [0.29, 0.717) is 10.6 Å². The van der Waals surface area contributed by atoms with Gasteiger partial charge in [-0.25, -0.2) is 9.78 Å². The molecule has 4 N–H and O–H groups in total. The van der Waals surface area contributed by atoms with Gasteiger partial charge >= 0.3 is 5.97 Å². The standard InChI is InChI=1S/C12H11N3O3S/c1-6-14-5-10(19-6)11(16)15-9-3-2-7(13)4-8(9)12(17)18/h2-5H,13H2,1H3,(H,15,16)(H,17,18). The van der Waals surface area contributed by atoms with Crippen LogP contribution < -0.4 is 11.1 Å². The average molecular weight is 277 g/mol. The lowest BCUT2D eigenvalue weighted by Gasteiger charge is -2.08. The van der Waals surface area contributed by atoms with Gasteiger partial charge in [0.25, 0.3) is 5.91 Å². The third kappa shape index (κ3) is 2.89. The molecule has 0 bridgehead atoms. The number of carboxylic acids is 1. The van der Waals surface area contributed by atoms with Gasteiger partial charge in [0.1, 0.15) is 4.88 Å². The molecule has 0 aliphatic rings. The molecule has 0 fully saturated rings. The molecule has 1 aromatic heterocycles. The predicted molar refractivity (Wildman–Crippen MR) is 72.6 cm³/mol. The molecule has 0 spiro atoms. The van der Waals surface area contributed by atoms with Gasteiger partial charge in [-0.15, -0.1) is 11.3 Å². The van der Waals surface area contributed by atoms with Crippen LogP contribution in [0.1, 0.15) is 25.0 Å². The lowest BCUT2D eigenvalue weighted by molar-refractivity contribution is 0.0698. The quantitative estimate of drug-likeness (QED) is 0.744. The number of carbonyl (C=O) groups excluding carboxylic acids is 1. The van der Waals surface area contributed by atoms with Crippen molar-refractivity contribution in [1.82, 2.24) is 4.98 Å². The number of carbonyl (C=O) groups is 2. The maximum Gasteiger partial charge on any atom is 0.337 e. The molecule has 0 aliphatic carbocycles. The van der Waals surface area contributed by atoms with Crippen molar-refractivity contribution < 1.29 is 14.7 Å². The minimum atomic E-state index is -1.15. The van der Waals surface area contributed by atoms with Crippen LogP contribution in [0.5, 0.6) is 0 Å². The first-order chi connectivity index (χ1) is 8.97. The van der Waals surface area contributed by atoms with E-state index in [2.05, 4.69) is 10.3 Å². The van der Waals surface area contributed by atoms with Crippen LogP contribution in [0.3, 0.4) is 0 Å². The van der Waals surface area contributed by atoms with Gasteiger partial charge in [0.2, 0.25) is 0 Å². The van der Waals surface area contributed by atoms with Crippen molar-refractivity contribution in [3.05, 3.63) is 39.8 Å². The largest absolute Gasteiger partial charge is 0.478 e. The Balaban J connectivity index is 2.28. The fourth-order valence-electron chi connectivity index (χ4n) is 1.50. The number of hydrogen-bond donors (Lipinski definition) is 3. The third-order valence-electron chi connectivity index (χ3n) is 2.37. The van der Waals surface area contributed by atoms with E-state index in [1.165, 1.54) is 35.7 Å². The van der Waals surface area contributed by atoms with E-state index in [9.17, 15) is 9.59 Å². The van der Waals surface area contributed by atoms with E-state index in [-0.39, 0.29) is 11.3 Å². The number of aryl methyl sites for hydroxylation is 1. The van der Waals surface area contributed by atoms with Gasteiger partial charge in [0, 0.05) is 5.69 Å². The number of aromatic nitrogens is 1. The Labute approximate surface area is 112 Å². The molecule has 7 heteroatoms. The van der Waals surface area contributed by atoms with E-state index in [1.54, 1.807) is 6.92 Å². The number of anilines is 2. The predicted octanol–water partition coefficient (Wildman–Crippen LogP) is 1.98. The Hall–Kier alpha value is -2.41. The first kappa shape index (κ1) is 13.0. The molecule has 0 saturated heterocycles. The van der Waals surface area contributed by atoms with E-state index < -0.39 is 11.9 Å². The summed E-state index contributed by atoms with van der Waals surface area (Å²) in [4.78, 5) is 27.4. The van der Waals surface area contributed by atoms with E-state index in [4.69, 9.17) is 10.8 Å². The topological polar surface area (TPSA) is 105 Å². The van der Waals surface area contributed by atoms with Gasteiger partial charge < -0.3 is 16.2 Å². The molecule has 2 rings (SSSR count). The van der Waals surface area contributed by atoms with Gasteiger partial charge in [-0.1, -0.05) is 0 Å². The lowest BCUT2D eigenvalue weighted by Crippen LogP contribution is -2.14. The maximum absolute atomic E-state index is 11.9. The Morgan fingerprint density at radius 3 is 2.74 bits per heavy atom. The second-order valence-electron chi connectivity index (χ2n) is 3.81. The van der Waals surface area contributed by atoms with E-state index in [1.807, 2.05) is 0 Å². The van der Waals surface area contributed by atoms with Crippen LogP contribution in [0.25, 0.3) is 0 Å². The van der Waals surface area contributed by atoms with Gasteiger partial charge in [0.05, 0.1) is 22.5 Å². The Morgan fingerprint density at radius 2 is 2.16 bits per heavy atom. The number of nitrogens with zero attached hydrogens (tertiary/aromatic N) is 1. The summed E-state index contributed by atoms with van der Waals surface area (Å²) < 4.78 is 0. The van der Waals surface area contributed by atoms with Crippen LogP contribution in [0, 0.1) is 6.92 Å². The van der Waals surface area contributed by atoms with Gasteiger partial charge in [0.15, 0.2) is 0 Å². The molecule has 19 heavy (non-hydrogen) atoms. The molecule has 0 unspecified atom stereocenters. The van der Waals surface area contributed by atoms with Crippen molar-refractivity contribution in [1.29, 1.82) is 0 Å². The van der Waals surface area contributed by atoms with E-state index in [0.717, 1.165) is 5.01 Å². The highest BCUT2D eigenvalue weighted by molar-refractivity contribution is 7.13. The summed E-state index contributed by atoms with van der Waals surface area (Å²) in [7, 11) is 0. The summed E-state index contributed by atoms with van der Waals surface area (Å²) >= 11 is 1.24. The molecule has 1 heterocycles. The summed E-state index contributed by atoms with van der Waals surface area (Å²) in [6, 6.07) is 4.29. The highest BCUT2D eigenvalue weighted by atomic mass is 32.1. The number of nitrogens with one attached hydrogen (secondary N) is 1. The summed E-state index contributed by atoms with van der Waals surface area (Å²) in [6.07, 6.45) is 1.45. The van der Waals surface area contributed by atoms with Gasteiger partial charge in [-0.05, 0) is 25.1 Å². The van der Waals surface area contributed by atoms with E-state index >= 15 is 0 Å². The highest BCUT2D eigenvalue weighted by Gasteiger charge is 2.15. The number of nitrogens with two attached hydrogens (primary N) is 1. The lowest BCUT2D eigenvalue weighted by atomic mass is 10.1. The number of nitrogen functional groups attached to an aromatic ring is 1. The molecule has 2 aromatic rings. The van der Waals surface area contributed by atoms with Crippen LogP contribution in [0.4, 0.5) is 11.4 Å². The molecule has 0 atom stereocenters. The first-order valence-electron chi connectivity index (χ1n) is 5.34. The van der Waals surface area contributed by atoms with Crippen LogP contribution in [-0.2, 0) is 0 Å². The van der Waals surface area contributed by atoms with Crippen molar-refractivity contribution in [2.24, 2.45) is 0 Å². The minimum absolute atomic E-state index is 0.0467. The first-order valence-corrected chi connectivity index (χ1v) is 6.15. The van der Waals surface area contributed by atoms with Crippen LogP contribution in [0.2, 0.25) is 0 Å². The van der Waals surface area contributed by atoms with Crippen molar-refractivity contribution in [3.8, 4) is 0 Å². The number of thiazole rings is 1. The number of rotatable bonds is 3. The maximum atomic E-state index is 11.9. The minimum Gasteiger partial charge on any atom is -0.478 e. The van der Waals surface area contributed by atoms with Gasteiger partial charge in [-0.2, -0.15) is 0 Å².